The zero-order valence-corrected chi connectivity index (χ0v) is 55.5. The summed E-state index contributed by atoms with van der Waals surface area (Å²) < 4.78 is 5.20. The SMILES string of the molecule is CC(C)C[C@@H]1N[C@@H]2N=C(N)N3CCC[C@@]23NC1=O.CC(C)C[C@@H]1N[C@H]2N=C(N)N3CCC[C@]23NC1=O.CC(C)C[C@H](NC(=O)OC(C)(C)C)C(=O)N[C@H](C=O)CCCCC(=N)N.CC(C)Cc1ncc(CCCN=C(N)N)[nH]c1=O.S=S=S=S=S. The van der Waals surface area contributed by atoms with Gasteiger partial charge in [0, 0.05) is 87.0 Å². The minimum absolute atomic E-state index is 0.0803. The van der Waals surface area contributed by atoms with Crippen molar-refractivity contribution in [3.63, 3.8) is 0 Å². The minimum atomic E-state index is -0.774. The number of H-pyrrole nitrogens is 1. The number of piperazine rings is 2. The maximum absolute atomic E-state index is 12.5. The van der Waals surface area contributed by atoms with Gasteiger partial charge in [-0.3, -0.25) is 45.2 Å². The fourth-order valence-corrected chi connectivity index (χ4v) is 13.3. The van der Waals surface area contributed by atoms with Gasteiger partial charge in [-0.15, -0.1) is 0 Å². The summed E-state index contributed by atoms with van der Waals surface area (Å²) in [5.41, 5.74) is 27.5. The summed E-state index contributed by atoms with van der Waals surface area (Å²) in [6.07, 6.45) is 12.0. The molecule has 0 bridgehead atoms. The van der Waals surface area contributed by atoms with Crippen LogP contribution < -0.4 is 66.1 Å². The predicted molar refractivity (Wildman–Crippen MR) is 347 cm³/mol. The molecule has 1 aromatic rings. The smallest absolute Gasteiger partial charge is 0.408 e. The Morgan fingerprint density at radius 2 is 1.36 bits per heavy atom. The zero-order valence-electron chi connectivity index (χ0n) is 51.4. The number of nitrogens with two attached hydrogens (primary N) is 5. The monoisotopic (exact) mass is 1280 g/mol. The third kappa shape index (κ3) is 24.0. The van der Waals surface area contributed by atoms with Crippen LogP contribution in [0, 0.1) is 29.1 Å². The predicted octanol–water partition coefficient (Wildman–Crippen LogP) is 1.40. The van der Waals surface area contributed by atoms with Crippen LogP contribution in [0.25, 0.3) is 0 Å². The van der Waals surface area contributed by atoms with Gasteiger partial charge < -0.3 is 74.3 Å². The van der Waals surface area contributed by atoms with E-state index in [1.165, 1.54) is 26.6 Å². The van der Waals surface area contributed by atoms with Crippen molar-refractivity contribution < 1.29 is 28.7 Å². The molecule has 18 N–H and O–H groups in total. The average Bonchev–Trinajstić information content (AvgIpc) is 4.33. The van der Waals surface area contributed by atoms with Crippen LogP contribution in [0.2, 0.25) is 0 Å². The number of amidine groups is 1. The van der Waals surface area contributed by atoms with E-state index < -0.39 is 41.0 Å². The largest absolute Gasteiger partial charge is 0.444 e. The van der Waals surface area contributed by atoms with E-state index in [1.54, 1.807) is 27.0 Å². The second-order valence-electron chi connectivity index (χ2n) is 24.6. The van der Waals surface area contributed by atoms with Gasteiger partial charge in [0.2, 0.25) is 17.7 Å². The Morgan fingerprint density at radius 3 is 1.78 bits per heavy atom. The molecule has 4 amide bonds. The molecular formula is C54H97N19O7S5. The third-order valence-electron chi connectivity index (χ3n) is 14.2. The molecule has 6 aliphatic heterocycles. The van der Waals surface area contributed by atoms with E-state index in [0.29, 0.717) is 93.1 Å². The Labute approximate surface area is 520 Å². The molecule has 2 spiro atoms. The van der Waals surface area contributed by atoms with Gasteiger partial charge in [-0.05, 0) is 121 Å². The number of hydrogen-bond donors (Lipinski definition) is 13. The molecule has 31 heteroatoms. The average molecular weight is 1280 g/mol. The van der Waals surface area contributed by atoms with Crippen LogP contribution in [0.1, 0.15) is 165 Å². The Hall–Kier alpha value is -5.47. The standard InChI is InChI=1S/C18H34N4O4.3C12H21N5O.S5/c1-12(2)10-14(22-17(25)26-18(3,4)5)16(24)21-13(11-23)8-6-7-9-15(19)20;2*1-7(2)6-8-9(18)16-12-4-3-5-17(12)11(13)15-10(12)14-8;1-8(2)6-10-11(18)17-9(7-16-10)4-3-5-15-12(13)14;1-3-5-4-2/h11-14H,6-10H2,1-5H3,(H3,19,20)(H,21,24)(H,22,25);2*7-8,10,14H,3-6H2,1-2H3,(H2,13,15)(H,16,18);7-8H,3-6H2,1-2H3,(H,17,18)(H4,13,14,15);/t13-,14-;8-,10+,12-;8-,10-,12+;;/m000../s1. The van der Waals surface area contributed by atoms with Crippen LogP contribution in [0.3, 0.4) is 0 Å². The number of alkyl carbamates (subject to hydrolysis) is 1. The molecule has 0 aromatic carbocycles. The van der Waals surface area contributed by atoms with Gasteiger partial charge in [0.05, 0.1) is 24.0 Å². The summed E-state index contributed by atoms with van der Waals surface area (Å²) in [6.45, 7) is 24.0. The number of aldehydes is 1. The van der Waals surface area contributed by atoms with Gasteiger partial charge in [-0.2, -0.15) is 0 Å². The minimum Gasteiger partial charge on any atom is -0.444 e. The molecule has 0 aliphatic carbocycles. The van der Waals surface area contributed by atoms with Gasteiger partial charge in [0.15, 0.2) is 29.2 Å². The number of amides is 4. The van der Waals surface area contributed by atoms with Crippen molar-refractivity contribution >= 4 is 103 Å². The Bertz CT molecular complexity index is 2620. The van der Waals surface area contributed by atoms with Gasteiger partial charge in [0.1, 0.15) is 36.0 Å². The van der Waals surface area contributed by atoms with Gasteiger partial charge in [-0.1, -0.05) is 61.8 Å². The lowest BCUT2D eigenvalue weighted by atomic mass is 9.95. The molecule has 7 rings (SSSR count). The maximum Gasteiger partial charge on any atom is 0.408 e. The molecule has 7 heterocycles. The van der Waals surface area contributed by atoms with E-state index in [0.717, 1.165) is 63.7 Å². The number of guanidine groups is 3. The molecule has 8 atom stereocenters. The highest BCUT2D eigenvalue weighted by Gasteiger charge is 2.58. The quantitative estimate of drug-likeness (QED) is 0.0358. The summed E-state index contributed by atoms with van der Waals surface area (Å²) in [5.74, 6) is 2.60. The number of aromatic amines is 1. The van der Waals surface area contributed by atoms with E-state index in [2.05, 4.69) is 121 Å². The number of aliphatic imine (C=N–C) groups is 3. The number of carbonyl (C=O) groups is 5. The molecule has 0 radical (unpaired) electrons. The van der Waals surface area contributed by atoms with Crippen LogP contribution in [0.15, 0.2) is 26.0 Å². The fourth-order valence-electron chi connectivity index (χ4n) is 10.6. The van der Waals surface area contributed by atoms with Crippen LogP contribution in [-0.2, 0) is 85.8 Å². The van der Waals surface area contributed by atoms with Crippen molar-refractivity contribution in [1.29, 1.82) is 5.41 Å². The van der Waals surface area contributed by atoms with Crippen molar-refractivity contribution in [2.24, 2.45) is 67.3 Å². The number of nitrogens with one attached hydrogen (secondary N) is 8. The van der Waals surface area contributed by atoms with Crippen molar-refractivity contribution in [2.45, 2.75) is 219 Å². The number of hydrogen-bond acceptors (Lipinski definition) is 20. The molecular weight excluding hydrogens is 1190 g/mol. The topological polar surface area (TPSA) is 410 Å². The number of rotatable bonds is 21. The number of aromatic nitrogens is 2. The van der Waals surface area contributed by atoms with Gasteiger partial charge >= 0.3 is 6.09 Å². The molecule has 4 saturated heterocycles. The number of aryl methyl sites for hydroxylation is 1. The summed E-state index contributed by atoms with van der Waals surface area (Å²) in [6, 6.07) is -1.72. The lowest BCUT2D eigenvalue weighted by Crippen LogP contribution is -2.73. The number of ether oxygens (including phenoxy) is 1. The number of unbranched alkanes of at least 4 members (excludes halogenated alkanes) is 1. The third-order valence-corrected chi connectivity index (χ3v) is 18.6. The first-order chi connectivity index (χ1) is 39.9. The van der Waals surface area contributed by atoms with E-state index in [9.17, 15) is 28.8 Å². The van der Waals surface area contributed by atoms with E-state index >= 15 is 0 Å². The second kappa shape index (κ2) is 35.4. The molecule has 26 nitrogen and oxygen atoms in total. The highest BCUT2D eigenvalue weighted by molar-refractivity contribution is 8.59. The van der Waals surface area contributed by atoms with Crippen LogP contribution in [0.5, 0.6) is 0 Å². The number of nitrogens with zero attached hydrogens (tertiary/aromatic N) is 6. The summed E-state index contributed by atoms with van der Waals surface area (Å²) in [7, 11) is 3.95. The van der Waals surface area contributed by atoms with E-state index in [4.69, 9.17) is 38.8 Å². The first-order valence-electron chi connectivity index (χ1n) is 29.2. The Morgan fingerprint density at radius 1 is 0.835 bits per heavy atom. The van der Waals surface area contributed by atoms with E-state index in [-0.39, 0.29) is 59.5 Å². The van der Waals surface area contributed by atoms with Crippen LogP contribution in [-0.4, -0.2) is 147 Å². The summed E-state index contributed by atoms with van der Waals surface area (Å²) in [4.78, 5) is 95.8. The highest BCUT2D eigenvalue weighted by Crippen LogP contribution is 2.38. The molecule has 480 valence electrons. The van der Waals surface area contributed by atoms with Crippen molar-refractivity contribution in [2.75, 3.05) is 19.6 Å². The summed E-state index contributed by atoms with van der Waals surface area (Å²) in [5, 5.41) is 25.5. The van der Waals surface area contributed by atoms with Crippen molar-refractivity contribution in [1.82, 2.24) is 51.7 Å². The highest BCUT2D eigenvalue weighted by atomic mass is 33.3. The zero-order chi connectivity index (χ0) is 63.8. The molecule has 0 unspecified atom stereocenters. The first-order valence-corrected chi connectivity index (χ1v) is 34.6. The second-order valence-corrected chi connectivity index (χ2v) is 29.9. The molecule has 6 aliphatic rings. The number of carbonyl (C=O) groups excluding carboxylic acids is 5. The fraction of sp³-hybridized carbons (Fsp3) is 0.759. The summed E-state index contributed by atoms with van der Waals surface area (Å²) >= 11 is 8.89. The Kier molecular flexibility index (Phi) is 30.7. The lowest BCUT2D eigenvalue weighted by molar-refractivity contribution is -0.132. The molecule has 0 saturated carbocycles. The Balaban J connectivity index is 0.000000291. The molecule has 4 fully saturated rings. The van der Waals surface area contributed by atoms with E-state index in [1.807, 2.05) is 23.6 Å². The normalized spacial score (nSPS) is 23.0. The van der Waals surface area contributed by atoms with Crippen LogP contribution >= 0.6 is 0 Å². The van der Waals surface area contributed by atoms with Crippen molar-refractivity contribution in [3.05, 3.63) is 27.9 Å². The van der Waals surface area contributed by atoms with Crippen LogP contribution in [0.4, 0.5) is 4.79 Å². The lowest BCUT2D eigenvalue weighted by Gasteiger charge is -2.44. The first kappa shape index (κ1) is 73.8. The van der Waals surface area contributed by atoms with Gasteiger partial charge in [-0.25, -0.2) is 14.8 Å². The van der Waals surface area contributed by atoms with Crippen molar-refractivity contribution in [3.8, 4) is 0 Å². The molecule has 1 aromatic heterocycles. The van der Waals surface area contributed by atoms with Gasteiger partial charge in [0.25, 0.3) is 5.56 Å². The molecule has 85 heavy (non-hydrogen) atoms. The maximum atomic E-state index is 12.5.